The highest BCUT2D eigenvalue weighted by Gasteiger charge is 2.48. The van der Waals surface area contributed by atoms with E-state index in [2.05, 4.69) is 14.4 Å². The molecule has 34 heavy (non-hydrogen) atoms. The number of benzene rings is 2. The molecule has 2 aromatic rings. The number of nitrogens with zero attached hydrogens (tertiary/aromatic N) is 1. The maximum Gasteiger partial charge on any atom is 0.534 e. The molecular formula is C24H27F3N2O4S. The predicted molar refractivity (Wildman–Crippen MR) is 123 cm³/mol. The molecule has 0 atom stereocenters. The van der Waals surface area contributed by atoms with Gasteiger partial charge in [0.2, 0.25) is 5.91 Å². The molecule has 1 aliphatic heterocycles. The van der Waals surface area contributed by atoms with Crippen LogP contribution >= 0.6 is 0 Å². The van der Waals surface area contributed by atoms with Crippen molar-refractivity contribution in [1.29, 1.82) is 0 Å². The number of nitrogens with one attached hydrogen (secondary N) is 1. The number of amides is 1. The van der Waals surface area contributed by atoms with Gasteiger partial charge in [0, 0.05) is 25.7 Å². The second-order valence-corrected chi connectivity index (χ2v) is 9.67. The van der Waals surface area contributed by atoms with Crippen LogP contribution in [0.15, 0.2) is 48.5 Å². The number of aryl methyl sites for hydroxylation is 1. The van der Waals surface area contributed by atoms with E-state index in [0.29, 0.717) is 19.5 Å². The summed E-state index contributed by atoms with van der Waals surface area (Å²) >= 11 is 0. The maximum atomic E-state index is 12.6. The first-order valence-corrected chi connectivity index (χ1v) is 12.3. The summed E-state index contributed by atoms with van der Waals surface area (Å²) in [7, 11) is -5.69. The van der Waals surface area contributed by atoms with Gasteiger partial charge in [-0.15, -0.1) is 0 Å². The van der Waals surface area contributed by atoms with Gasteiger partial charge in [0.25, 0.3) is 0 Å². The van der Waals surface area contributed by atoms with Crippen LogP contribution in [0.25, 0.3) is 6.08 Å². The van der Waals surface area contributed by atoms with E-state index in [1.807, 2.05) is 31.2 Å². The molecule has 0 spiro atoms. The molecule has 184 valence electrons. The Morgan fingerprint density at radius 2 is 1.91 bits per heavy atom. The Balaban J connectivity index is 1.42. The number of rotatable bonds is 9. The van der Waals surface area contributed by atoms with Crippen LogP contribution in [0.5, 0.6) is 5.75 Å². The summed E-state index contributed by atoms with van der Waals surface area (Å²) in [5.41, 5.74) is -1.68. The van der Waals surface area contributed by atoms with Crippen molar-refractivity contribution in [3.05, 3.63) is 70.8 Å². The lowest BCUT2D eigenvalue weighted by Gasteiger charge is -2.29. The van der Waals surface area contributed by atoms with Gasteiger partial charge in [0.05, 0.1) is 0 Å². The second kappa shape index (κ2) is 11.1. The Kier molecular flexibility index (Phi) is 8.37. The molecule has 0 saturated heterocycles. The average molecular weight is 497 g/mol. The standard InChI is InChI=1S/C24H27F3N2O4S/c1-18-6-2-3-7-19(18)9-11-23(30)28-13-4-5-14-29-15-12-20-8-10-22(16-21(20)17-29)33-34(31,32)24(25,26)27/h2-3,6-11,16H,4-5,12-15,17H2,1H3,(H,28,30). The molecule has 1 amide bonds. The zero-order chi connectivity index (χ0) is 24.8. The summed E-state index contributed by atoms with van der Waals surface area (Å²) < 4.78 is 64.4. The minimum Gasteiger partial charge on any atom is -0.376 e. The largest absolute Gasteiger partial charge is 0.534 e. The number of alkyl halides is 3. The third kappa shape index (κ3) is 7.07. The van der Waals surface area contributed by atoms with E-state index in [1.165, 1.54) is 18.2 Å². The van der Waals surface area contributed by atoms with Crippen LogP contribution in [0.2, 0.25) is 0 Å². The normalized spacial score (nSPS) is 14.7. The Hall–Kier alpha value is -2.85. The summed E-state index contributed by atoms with van der Waals surface area (Å²) in [4.78, 5) is 14.1. The summed E-state index contributed by atoms with van der Waals surface area (Å²) in [6, 6.07) is 12.0. The summed E-state index contributed by atoms with van der Waals surface area (Å²) in [5, 5.41) is 2.86. The van der Waals surface area contributed by atoms with Crippen LogP contribution in [0.3, 0.4) is 0 Å². The molecule has 1 N–H and O–H groups in total. The van der Waals surface area contributed by atoms with E-state index < -0.39 is 15.6 Å². The number of carbonyl (C=O) groups is 1. The average Bonchev–Trinajstić information content (AvgIpc) is 2.77. The molecule has 0 aromatic heterocycles. The molecule has 1 heterocycles. The lowest BCUT2D eigenvalue weighted by Crippen LogP contribution is -2.32. The second-order valence-electron chi connectivity index (χ2n) is 8.13. The molecule has 10 heteroatoms. The van der Waals surface area contributed by atoms with Gasteiger partial charge in [-0.2, -0.15) is 21.6 Å². The Morgan fingerprint density at radius 3 is 2.65 bits per heavy atom. The van der Waals surface area contributed by atoms with Gasteiger partial charge in [-0.1, -0.05) is 30.3 Å². The zero-order valence-electron chi connectivity index (χ0n) is 18.8. The van der Waals surface area contributed by atoms with Crippen molar-refractivity contribution in [1.82, 2.24) is 10.2 Å². The highest BCUT2D eigenvalue weighted by atomic mass is 32.2. The summed E-state index contributed by atoms with van der Waals surface area (Å²) in [6.45, 7) is 4.55. The van der Waals surface area contributed by atoms with Gasteiger partial charge in [-0.25, -0.2) is 0 Å². The number of fused-ring (bicyclic) bond motifs is 1. The third-order valence-electron chi connectivity index (χ3n) is 5.56. The first-order chi connectivity index (χ1) is 16.0. The van der Waals surface area contributed by atoms with E-state index in [-0.39, 0.29) is 11.7 Å². The lowest BCUT2D eigenvalue weighted by molar-refractivity contribution is -0.116. The first-order valence-electron chi connectivity index (χ1n) is 10.9. The summed E-state index contributed by atoms with van der Waals surface area (Å²) in [6.07, 6.45) is 5.62. The van der Waals surface area contributed by atoms with Crippen molar-refractivity contribution in [2.24, 2.45) is 0 Å². The minimum absolute atomic E-state index is 0.156. The Bertz CT molecular complexity index is 1150. The van der Waals surface area contributed by atoms with Crippen LogP contribution in [0.4, 0.5) is 13.2 Å². The first kappa shape index (κ1) is 25.8. The topological polar surface area (TPSA) is 75.7 Å². The smallest absolute Gasteiger partial charge is 0.376 e. The van der Waals surface area contributed by atoms with Gasteiger partial charge in [-0.05, 0) is 73.2 Å². The highest BCUT2D eigenvalue weighted by molar-refractivity contribution is 7.88. The fourth-order valence-corrected chi connectivity index (χ4v) is 4.13. The van der Waals surface area contributed by atoms with Crippen molar-refractivity contribution in [2.75, 3.05) is 19.6 Å². The number of hydrogen-bond donors (Lipinski definition) is 1. The van der Waals surface area contributed by atoms with Crippen LogP contribution in [-0.4, -0.2) is 44.4 Å². The SMILES string of the molecule is Cc1ccccc1C=CC(=O)NCCCCN1CCc2ccc(OS(=O)(=O)C(F)(F)F)cc2C1. The zero-order valence-corrected chi connectivity index (χ0v) is 19.6. The molecule has 3 rings (SSSR count). The van der Waals surface area contributed by atoms with Crippen molar-refractivity contribution in [3.8, 4) is 5.75 Å². The number of unbranched alkanes of at least 4 members (excludes halogenated alkanes) is 1. The summed E-state index contributed by atoms with van der Waals surface area (Å²) in [5.74, 6) is -0.504. The number of carbonyl (C=O) groups excluding carboxylic acids is 1. The third-order valence-corrected chi connectivity index (χ3v) is 6.54. The fourth-order valence-electron chi connectivity index (χ4n) is 3.68. The Morgan fingerprint density at radius 1 is 1.15 bits per heavy atom. The van der Waals surface area contributed by atoms with Gasteiger partial charge in [0.15, 0.2) is 0 Å². The molecule has 0 saturated carbocycles. The van der Waals surface area contributed by atoms with E-state index in [0.717, 1.165) is 48.2 Å². The van der Waals surface area contributed by atoms with E-state index in [9.17, 15) is 26.4 Å². The number of halogens is 3. The molecule has 1 aliphatic rings. The fraction of sp³-hybridized carbons (Fsp3) is 0.375. The molecular weight excluding hydrogens is 469 g/mol. The van der Waals surface area contributed by atoms with Gasteiger partial charge in [-0.3, -0.25) is 9.69 Å². The molecule has 0 radical (unpaired) electrons. The van der Waals surface area contributed by atoms with Crippen LogP contribution in [0, 0.1) is 6.92 Å². The molecule has 2 aromatic carbocycles. The molecule has 6 nitrogen and oxygen atoms in total. The van der Waals surface area contributed by atoms with Crippen molar-refractivity contribution >= 4 is 22.1 Å². The minimum atomic E-state index is -5.69. The molecule has 0 fully saturated rings. The van der Waals surface area contributed by atoms with Crippen LogP contribution in [-0.2, 0) is 27.9 Å². The maximum absolute atomic E-state index is 12.6. The van der Waals surface area contributed by atoms with Crippen molar-refractivity contribution in [2.45, 2.75) is 38.2 Å². The van der Waals surface area contributed by atoms with Gasteiger partial charge in [0.1, 0.15) is 5.75 Å². The number of hydrogen-bond acceptors (Lipinski definition) is 5. The van der Waals surface area contributed by atoms with Crippen molar-refractivity contribution in [3.63, 3.8) is 0 Å². The van der Waals surface area contributed by atoms with Crippen LogP contribution in [0.1, 0.15) is 35.1 Å². The van der Waals surface area contributed by atoms with E-state index in [4.69, 9.17) is 0 Å². The van der Waals surface area contributed by atoms with E-state index in [1.54, 1.807) is 12.1 Å². The highest BCUT2D eigenvalue weighted by Crippen LogP contribution is 2.29. The molecule has 0 unspecified atom stereocenters. The Labute approximate surface area is 197 Å². The van der Waals surface area contributed by atoms with Gasteiger partial charge < -0.3 is 9.50 Å². The predicted octanol–water partition coefficient (Wildman–Crippen LogP) is 4.19. The lowest BCUT2D eigenvalue weighted by atomic mass is 9.99. The quantitative estimate of drug-likeness (QED) is 0.244. The molecule has 0 bridgehead atoms. The van der Waals surface area contributed by atoms with Crippen molar-refractivity contribution < 1.29 is 30.6 Å². The monoisotopic (exact) mass is 496 g/mol. The van der Waals surface area contributed by atoms with E-state index >= 15 is 0 Å². The molecule has 0 aliphatic carbocycles. The van der Waals surface area contributed by atoms with Crippen LogP contribution < -0.4 is 9.50 Å². The van der Waals surface area contributed by atoms with Gasteiger partial charge >= 0.3 is 15.6 Å².